The molecule has 1 nitrogen and oxygen atoms in total. The zero-order chi connectivity index (χ0) is 18.1. The van der Waals surface area contributed by atoms with Crippen molar-refractivity contribution in [2.24, 2.45) is 5.73 Å². The first-order chi connectivity index (χ1) is 12.2. The Kier molecular flexibility index (Phi) is 10.3. The minimum atomic E-state index is -0.0835. The Balaban J connectivity index is 0.00000338. The molecule has 0 aliphatic rings. The van der Waals surface area contributed by atoms with E-state index >= 15 is 0 Å². The molecule has 0 saturated heterocycles. The van der Waals surface area contributed by atoms with Gasteiger partial charge in [0.25, 0.3) is 0 Å². The third-order valence-electron chi connectivity index (χ3n) is 5.67. The van der Waals surface area contributed by atoms with E-state index in [1.54, 1.807) is 0 Å². The minimum absolute atomic E-state index is 0. The van der Waals surface area contributed by atoms with Gasteiger partial charge >= 0.3 is 0 Å². The van der Waals surface area contributed by atoms with Crippen LogP contribution in [0.15, 0.2) is 42.5 Å². The fraction of sp³-hybridized carbons (Fsp3) is 0.583. The molecule has 0 aliphatic carbocycles. The molecule has 1 atom stereocenters. The van der Waals surface area contributed by atoms with Crippen LogP contribution in [0.25, 0.3) is 10.8 Å². The lowest BCUT2D eigenvalue weighted by atomic mass is 9.71. The zero-order valence-electron chi connectivity index (χ0n) is 17.0. The number of unbranched alkanes of at least 4 members (excludes halogenated alkanes) is 3. The highest BCUT2D eigenvalue weighted by Crippen LogP contribution is 2.40. The summed E-state index contributed by atoms with van der Waals surface area (Å²) in [5.74, 6) is 0.454. The number of halogens is 1. The van der Waals surface area contributed by atoms with Crippen molar-refractivity contribution in [3.63, 3.8) is 0 Å². The predicted octanol–water partition coefficient (Wildman–Crippen LogP) is 7.61. The highest BCUT2D eigenvalue weighted by Gasteiger charge is 2.34. The highest BCUT2D eigenvalue weighted by molar-refractivity contribution is 5.86. The maximum Gasteiger partial charge on any atom is 0.0223 e. The van der Waals surface area contributed by atoms with Crippen LogP contribution in [0.4, 0.5) is 0 Å². The third-order valence-corrected chi connectivity index (χ3v) is 5.67. The highest BCUT2D eigenvalue weighted by atomic mass is 35.5. The lowest BCUT2D eigenvalue weighted by molar-refractivity contribution is 0.277. The molecule has 2 aromatic rings. The van der Waals surface area contributed by atoms with Crippen LogP contribution >= 0.6 is 12.4 Å². The summed E-state index contributed by atoms with van der Waals surface area (Å²) in [7, 11) is 0. The van der Waals surface area contributed by atoms with Crippen molar-refractivity contribution in [1.29, 1.82) is 0 Å². The zero-order valence-corrected chi connectivity index (χ0v) is 17.8. The number of fused-ring (bicyclic) bond motifs is 1. The summed E-state index contributed by atoms with van der Waals surface area (Å²) in [5.41, 5.74) is 8.49. The van der Waals surface area contributed by atoms with Gasteiger partial charge in [-0.3, -0.25) is 0 Å². The number of hydrogen-bond acceptors (Lipinski definition) is 1. The second-order valence-electron chi connectivity index (χ2n) is 7.70. The van der Waals surface area contributed by atoms with E-state index in [4.69, 9.17) is 5.73 Å². The average Bonchev–Trinajstić information content (AvgIpc) is 2.62. The molecule has 0 fully saturated rings. The number of benzene rings is 2. The first-order valence-electron chi connectivity index (χ1n) is 10.4. The minimum Gasteiger partial charge on any atom is -0.325 e. The number of hydrogen-bond donors (Lipinski definition) is 1. The molecule has 2 aromatic carbocycles. The van der Waals surface area contributed by atoms with Gasteiger partial charge in [-0.15, -0.1) is 12.4 Å². The molecule has 146 valence electrons. The molecule has 1 unspecified atom stereocenters. The van der Waals surface area contributed by atoms with Crippen LogP contribution in [-0.4, -0.2) is 5.54 Å². The van der Waals surface area contributed by atoms with E-state index in [9.17, 15) is 0 Å². The van der Waals surface area contributed by atoms with Gasteiger partial charge in [0, 0.05) is 11.5 Å². The van der Waals surface area contributed by atoms with Crippen LogP contribution in [0.5, 0.6) is 0 Å². The fourth-order valence-corrected chi connectivity index (χ4v) is 4.49. The maximum absolute atomic E-state index is 7.10. The van der Waals surface area contributed by atoms with E-state index in [0.717, 1.165) is 25.7 Å². The Hall–Kier alpha value is -1.05. The van der Waals surface area contributed by atoms with Crippen molar-refractivity contribution in [2.75, 3.05) is 0 Å². The van der Waals surface area contributed by atoms with E-state index < -0.39 is 0 Å². The van der Waals surface area contributed by atoms with Crippen LogP contribution in [-0.2, 0) is 0 Å². The summed E-state index contributed by atoms with van der Waals surface area (Å²) in [5, 5.41) is 2.74. The van der Waals surface area contributed by atoms with E-state index in [1.807, 2.05) is 0 Å². The summed E-state index contributed by atoms with van der Waals surface area (Å²) in [6.45, 7) is 6.83. The van der Waals surface area contributed by atoms with Crippen LogP contribution in [0.3, 0.4) is 0 Å². The van der Waals surface area contributed by atoms with Gasteiger partial charge in [0.05, 0.1) is 0 Å². The Morgan fingerprint density at radius 1 is 0.808 bits per heavy atom. The van der Waals surface area contributed by atoms with Gasteiger partial charge in [0.15, 0.2) is 0 Å². The Labute approximate surface area is 167 Å². The molecule has 0 saturated carbocycles. The van der Waals surface area contributed by atoms with Crippen molar-refractivity contribution in [3.8, 4) is 0 Å². The molecule has 2 heteroatoms. The second-order valence-corrected chi connectivity index (χ2v) is 7.70. The summed E-state index contributed by atoms with van der Waals surface area (Å²) in [6, 6.07) is 15.6. The van der Waals surface area contributed by atoms with Gasteiger partial charge in [-0.25, -0.2) is 0 Å². The van der Waals surface area contributed by atoms with E-state index in [1.165, 1.54) is 48.4 Å². The molecule has 0 aliphatic heterocycles. The standard InChI is InChI=1S/C24H37N.ClH/c1-4-7-8-9-17-23(24(25,18-5-2)19-6-3)22-16-12-14-20-13-10-11-15-21(20)22;/h10-16,23H,4-9,17-19,25H2,1-3H3;1H. The summed E-state index contributed by atoms with van der Waals surface area (Å²) in [4.78, 5) is 0. The Morgan fingerprint density at radius 3 is 2.12 bits per heavy atom. The molecular formula is C24H38ClN. The summed E-state index contributed by atoms with van der Waals surface area (Å²) < 4.78 is 0. The number of nitrogens with two attached hydrogens (primary N) is 1. The van der Waals surface area contributed by atoms with Gasteiger partial charge < -0.3 is 5.73 Å². The molecular weight excluding hydrogens is 338 g/mol. The topological polar surface area (TPSA) is 26.0 Å². The molecule has 0 spiro atoms. The normalized spacial score (nSPS) is 12.8. The van der Waals surface area contributed by atoms with Crippen molar-refractivity contribution in [3.05, 3.63) is 48.0 Å². The van der Waals surface area contributed by atoms with Crippen molar-refractivity contribution in [1.82, 2.24) is 0 Å². The van der Waals surface area contributed by atoms with E-state index in [2.05, 4.69) is 63.2 Å². The van der Waals surface area contributed by atoms with E-state index in [-0.39, 0.29) is 17.9 Å². The fourth-order valence-electron chi connectivity index (χ4n) is 4.49. The van der Waals surface area contributed by atoms with E-state index in [0.29, 0.717) is 5.92 Å². The molecule has 0 aromatic heterocycles. The second kappa shape index (κ2) is 11.6. The molecule has 0 radical (unpaired) electrons. The Bertz CT molecular complexity index is 626. The van der Waals surface area contributed by atoms with Crippen LogP contribution in [0.2, 0.25) is 0 Å². The smallest absolute Gasteiger partial charge is 0.0223 e. The molecule has 26 heavy (non-hydrogen) atoms. The average molecular weight is 376 g/mol. The van der Waals surface area contributed by atoms with Gasteiger partial charge in [-0.1, -0.05) is 102 Å². The first-order valence-corrected chi connectivity index (χ1v) is 10.4. The predicted molar refractivity (Wildman–Crippen MR) is 119 cm³/mol. The molecule has 2 N–H and O–H groups in total. The molecule has 0 bridgehead atoms. The lowest BCUT2D eigenvalue weighted by Crippen LogP contribution is -2.45. The monoisotopic (exact) mass is 375 g/mol. The molecule has 2 rings (SSSR count). The third kappa shape index (κ3) is 5.72. The molecule has 0 heterocycles. The Morgan fingerprint density at radius 2 is 1.46 bits per heavy atom. The lowest BCUT2D eigenvalue weighted by Gasteiger charge is -2.39. The SMILES string of the molecule is CCCCCCC(c1cccc2ccccc12)C(N)(CCC)CCC.Cl. The van der Waals surface area contributed by atoms with Crippen molar-refractivity contribution < 1.29 is 0 Å². The van der Waals surface area contributed by atoms with Crippen LogP contribution in [0.1, 0.15) is 90.0 Å². The van der Waals surface area contributed by atoms with Gasteiger partial charge in [-0.2, -0.15) is 0 Å². The largest absolute Gasteiger partial charge is 0.325 e. The van der Waals surface area contributed by atoms with Gasteiger partial charge in [0.1, 0.15) is 0 Å². The quantitative estimate of drug-likeness (QED) is 0.401. The van der Waals surface area contributed by atoms with Gasteiger partial charge in [-0.05, 0) is 35.6 Å². The van der Waals surface area contributed by atoms with Gasteiger partial charge in [0.2, 0.25) is 0 Å². The van der Waals surface area contributed by atoms with Crippen LogP contribution < -0.4 is 5.73 Å². The summed E-state index contributed by atoms with van der Waals surface area (Å²) in [6.07, 6.45) is 11.0. The van der Waals surface area contributed by atoms with Crippen LogP contribution in [0, 0.1) is 0 Å². The number of rotatable bonds is 11. The van der Waals surface area contributed by atoms with Crippen molar-refractivity contribution in [2.45, 2.75) is 90.0 Å². The molecule has 0 amide bonds. The maximum atomic E-state index is 7.10. The summed E-state index contributed by atoms with van der Waals surface area (Å²) >= 11 is 0. The van der Waals surface area contributed by atoms with Crippen molar-refractivity contribution >= 4 is 23.2 Å². The first kappa shape index (κ1) is 23.0.